The van der Waals surface area contributed by atoms with Gasteiger partial charge in [0.2, 0.25) is 5.79 Å². The molecule has 2 aromatic heterocycles. The molecule has 2 heterocycles. The average Bonchev–Trinajstić information content (AvgIpc) is 3.52. The quantitative estimate of drug-likeness (QED) is 0.283. The summed E-state index contributed by atoms with van der Waals surface area (Å²) in [6.45, 7) is 0. The zero-order valence-electron chi connectivity index (χ0n) is 19.2. The van der Waals surface area contributed by atoms with Crippen LogP contribution in [0.15, 0.2) is 61.1 Å². The highest BCUT2D eigenvalue weighted by atomic mass is 19.4. The Morgan fingerprint density at radius 2 is 1.75 bits per heavy atom. The molecule has 1 saturated carbocycles. The molecule has 2 aromatic carbocycles. The van der Waals surface area contributed by atoms with Gasteiger partial charge in [-0.25, -0.2) is 4.68 Å². The lowest BCUT2D eigenvalue weighted by atomic mass is 9.82. The minimum Gasteiger partial charge on any atom is -0.359 e. The van der Waals surface area contributed by atoms with E-state index < -0.39 is 29.4 Å². The predicted molar refractivity (Wildman–Crippen MR) is 128 cm³/mol. The van der Waals surface area contributed by atoms with E-state index in [9.17, 15) is 28.2 Å². The normalized spacial score (nSPS) is 15.4. The van der Waals surface area contributed by atoms with Crippen molar-refractivity contribution in [1.82, 2.24) is 14.8 Å². The van der Waals surface area contributed by atoms with Crippen molar-refractivity contribution in [2.45, 2.75) is 44.1 Å². The van der Waals surface area contributed by atoms with Crippen molar-refractivity contribution < 1.29 is 28.2 Å². The van der Waals surface area contributed by atoms with Gasteiger partial charge >= 0.3 is 6.18 Å². The number of rotatable bonds is 5. The summed E-state index contributed by atoms with van der Waals surface area (Å²) in [6.07, 6.45) is 4.39. The van der Waals surface area contributed by atoms with Crippen LogP contribution in [0, 0.1) is 5.92 Å². The van der Waals surface area contributed by atoms with Crippen LogP contribution >= 0.6 is 0 Å². The predicted octanol–water partition coefficient (Wildman–Crippen LogP) is 5.24. The minimum absolute atomic E-state index is 0.412. The fraction of sp³-hybridized carbons (Fsp3) is 0.308. The highest BCUT2D eigenvalue weighted by molar-refractivity contribution is 6.05. The molecule has 36 heavy (non-hydrogen) atoms. The van der Waals surface area contributed by atoms with Gasteiger partial charge in [0.15, 0.2) is 0 Å². The summed E-state index contributed by atoms with van der Waals surface area (Å²) < 4.78 is 40.0. The van der Waals surface area contributed by atoms with Gasteiger partial charge in [0, 0.05) is 34.8 Å². The van der Waals surface area contributed by atoms with Crippen LogP contribution in [-0.2, 0) is 11.0 Å². The Kier molecular flexibility index (Phi) is 6.09. The van der Waals surface area contributed by atoms with Crippen molar-refractivity contribution in [3.63, 3.8) is 0 Å². The molecule has 0 aliphatic heterocycles. The maximum absolute atomic E-state index is 12.8. The van der Waals surface area contributed by atoms with Gasteiger partial charge in [-0.3, -0.25) is 4.79 Å². The number of H-pyrrole nitrogens is 1. The molecule has 10 heteroatoms. The number of fused-ring (bicyclic) bond motifs is 1. The molecule has 7 nitrogen and oxygen atoms in total. The maximum Gasteiger partial charge on any atom is 0.416 e. The first kappa shape index (κ1) is 24.1. The number of alkyl halides is 3. The van der Waals surface area contributed by atoms with E-state index in [1.165, 1.54) is 16.8 Å². The first-order valence-electron chi connectivity index (χ1n) is 11.7. The fourth-order valence-electron chi connectivity index (χ4n) is 4.72. The number of benzene rings is 2. The zero-order valence-corrected chi connectivity index (χ0v) is 19.2. The Hall–Kier alpha value is -3.63. The highest BCUT2D eigenvalue weighted by Gasteiger charge is 2.42. The van der Waals surface area contributed by atoms with E-state index in [0.717, 1.165) is 48.0 Å². The van der Waals surface area contributed by atoms with Gasteiger partial charge in [0.25, 0.3) is 5.91 Å². The van der Waals surface area contributed by atoms with Crippen LogP contribution in [0.4, 0.5) is 18.9 Å². The summed E-state index contributed by atoms with van der Waals surface area (Å²) >= 11 is 0. The Morgan fingerprint density at radius 3 is 2.44 bits per heavy atom. The molecule has 5 rings (SSSR count). The van der Waals surface area contributed by atoms with Crippen LogP contribution in [0.1, 0.15) is 37.7 Å². The zero-order chi connectivity index (χ0) is 25.5. The summed E-state index contributed by atoms with van der Waals surface area (Å²) in [6, 6.07) is 10.2. The minimum atomic E-state index is -4.41. The van der Waals surface area contributed by atoms with Crippen molar-refractivity contribution in [3.05, 3.63) is 66.6 Å². The fourth-order valence-corrected chi connectivity index (χ4v) is 4.72. The second-order valence-electron chi connectivity index (χ2n) is 9.20. The van der Waals surface area contributed by atoms with E-state index in [-0.39, 0.29) is 0 Å². The van der Waals surface area contributed by atoms with E-state index in [1.807, 2.05) is 18.2 Å². The molecule has 4 aromatic rings. The number of halogens is 3. The van der Waals surface area contributed by atoms with Gasteiger partial charge in [0.1, 0.15) is 0 Å². The Morgan fingerprint density at radius 1 is 1.03 bits per heavy atom. The van der Waals surface area contributed by atoms with Crippen LogP contribution in [-0.4, -0.2) is 36.7 Å². The number of hydrogen-bond acceptors (Lipinski definition) is 4. The first-order chi connectivity index (χ1) is 17.1. The molecule has 1 fully saturated rings. The summed E-state index contributed by atoms with van der Waals surface area (Å²) in [5.41, 5.74) is 2.39. The molecule has 1 aliphatic rings. The van der Waals surface area contributed by atoms with Crippen LogP contribution in [0.25, 0.3) is 27.7 Å². The number of carbonyl (C=O) groups is 1. The van der Waals surface area contributed by atoms with Crippen LogP contribution < -0.4 is 5.32 Å². The number of hydrogen-bond donors (Lipinski definition) is 4. The van der Waals surface area contributed by atoms with E-state index in [1.54, 1.807) is 18.6 Å². The number of aromatic nitrogens is 3. The molecule has 0 spiro atoms. The summed E-state index contributed by atoms with van der Waals surface area (Å²) in [4.78, 5) is 15.8. The molecule has 0 saturated heterocycles. The smallest absolute Gasteiger partial charge is 0.359 e. The average molecular weight is 499 g/mol. The second kappa shape index (κ2) is 9.11. The topological polar surface area (TPSA) is 103 Å². The third-order valence-corrected chi connectivity index (χ3v) is 6.81. The summed E-state index contributed by atoms with van der Waals surface area (Å²) in [7, 11) is 0. The lowest BCUT2D eigenvalue weighted by molar-refractivity contribution is -0.204. The first-order valence-corrected chi connectivity index (χ1v) is 11.7. The molecular formula is C26H25F3N4O3. The van der Waals surface area contributed by atoms with Gasteiger partial charge in [-0.15, -0.1) is 0 Å². The molecule has 0 bridgehead atoms. The lowest BCUT2D eigenvalue weighted by Crippen LogP contribution is -2.49. The third-order valence-electron chi connectivity index (χ3n) is 6.81. The van der Waals surface area contributed by atoms with Gasteiger partial charge in [-0.05, 0) is 54.8 Å². The molecule has 4 N–H and O–H groups in total. The van der Waals surface area contributed by atoms with Gasteiger partial charge < -0.3 is 20.5 Å². The number of aliphatic hydroxyl groups is 2. The van der Waals surface area contributed by atoms with Crippen molar-refractivity contribution >= 4 is 22.5 Å². The van der Waals surface area contributed by atoms with Gasteiger partial charge in [0.05, 0.1) is 23.1 Å². The summed E-state index contributed by atoms with van der Waals surface area (Å²) in [5, 5.41) is 28.7. The molecule has 0 atom stereocenters. The van der Waals surface area contributed by atoms with Crippen molar-refractivity contribution in [3.8, 4) is 16.8 Å². The monoisotopic (exact) mass is 498 g/mol. The number of carbonyl (C=O) groups excluding carboxylic acids is 1. The standard InChI is InChI=1S/C26H25F3N4O3/c27-26(28,29)19-7-9-20(10-8-19)33-15-17(13-31-33)16-6-11-22-21(12-16)23(14-30-22)32-24(34)25(35,36)18-4-2-1-3-5-18/h6-15,18,30,35-36H,1-5H2,(H,32,34). The van der Waals surface area contributed by atoms with Crippen molar-refractivity contribution in [2.75, 3.05) is 5.32 Å². The summed E-state index contributed by atoms with van der Waals surface area (Å²) in [5.74, 6) is -3.83. The Labute approximate surface area is 204 Å². The highest BCUT2D eigenvalue weighted by Crippen LogP contribution is 2.34. The van der Waals surface area contributed by atoms with E-state index in [4.69, 9.17) is 0 Å². The Bertz CT molecular complexity index is 1380. The number of aromatic amines is 1. The van der Waals surface area contributed by atoms with Crippen molar-refractivity contribution in [1.29, 1.82) is 0 Å². The largest absolute Gasteiger partial charge is 0.416 e. The van der Waals surface area contributed by atoms with Crippen LogP contribution in [0.3, 0.4) is 0 Å². The maximum atomic E-state index is 12.8. The molecular weight excluding hydrogens is 473 g/mol. The van der Waals surface area contributed by atoms with E-state index in [0.29, 0.717) is 29.6 Å². The number of nitrogens with one attached hydrogen (secondary N) is 2. The molecule has 0 radical (unpaired) electrons. The lowest BCUT2D eigenvalue weighted by Gasteiger charge is -2.32. The van der Waals surface area contributed by atoms with Gasteiger partial charge in [-0.2, -0.15) is 18.3 Å². The van der Waals surface area contributed by atoms with E-state index in [2.05, 4.69) is 15.4 Å². The number of amides is 1. The number of nitrogens with zero attached hydrogens (tertiary/aromatic N) is 2. The number of anilines is 1. The van der Waals surface area contributed by atoms with Crippen LogP contribution in [0.5, 0.6) is 0 Å². The van der Waals surface area contributed by atoms with Crippen LogP contribution in [0.2, 0.25) is 0 Å². The molecule has 1 amide bonds. The third kappa shape index (κ3) is 4.61. The van der Waals surface area contributed by atoms with Gasteiger partial charge in [-0.1, -0.05) is 25.3 Å². The SMILES string of the molecule is O=C(Nc1c[nH]c2ccc(-c3cnn(-c4ccc(C(F)(F)F)cc4)c3)cc12)C(O)(O)C1CCCCC1. The Balaban J connectivity index is 1.38. The molecule has 0 unspecified atom stereocenters. The molecule has 188 valence electrons. The van der Waals surface area contributed by atoms with E-state index >= 15 is 0 Å². The second-order valence-corrected chi connectivity index (χ2v) is 9.20. The molecule has 1 aliphatic carbocycles. The van der Waals surface area contributed by atoms with Crippen molar-refractivity contribution in [2.24, 2.45) is 5.92 Å².